The number of urea groups is 1. The van der Waals surface area contributed by atoms with Gasteiger partial charge in [-0.25, -0.2) is 4.79 Å². The summed E-state index contributed by atoms with van der Waals surface area (Å²) in [4.78, 5) is 23.5. The highest BCUT2D eigenvalue weighted by Gasteiger charge is 2.20. The molecule has 2 amide bonds. The van der Waals surface area contributed by atoms with Crippen molar-refractivity contribution >= 4 is 23.6 Å². The molecule has 3 rings (SSSR count). The highest BCUT2D eigenvalue weighted by molar-refractivity contribution is 6.30. The lowest BCUT2D eigenvalue weighted by atomic mass is 10.0. The topological polar surface area (TPSA) is 133 Å². The van der Waals surface area contributed by atoms with Crippen LogP contribution in [0, 0.1) is 13.8 Å². The number of nitrogens with one attached hydrogen (secondary N) is 1. The van der Waals surface area contributed by atoms with E-state index in [1.165, 1.54) is 0 Å². The molecule has 2 heterocycles. The van der Waals surface area contributed by atoms with Crippen molar-refractivity contribution in [3.05, 3.63) is 58.3 Å². The van der Waals surface area contributed by atoms with Crippen LogP contribution in [0.25, 0.3) is 11.5 Å². The Hall–Kier alpha value is -3.33. The van der Waals surface area contributed by atoms with Crippen LogP contribution in [-0.2, 0) is 16.1 Å². The van der Waals surface area contributed by atoms with Crippen molar-refractivity contribution in [1.29, 1.82) is 0 Å². The van der Waals surface area contributed by atoms with Crippen molar-refractivity contribution in [3.63, 3.8) is 0 Å². The predicted octanol–water partition coefficient (Wildman–Crippen LogP) is 3.44. The fraction of sp³-hybridized carbons (Fsp3) is 0.263. The summed E-state index contributed by atoms with van der Waals surface area (Å²) >= 11 is 5.87. The van der Waals surface area contributed by atoms with Gasteiger partial charge < -0.3 is 24.6 Å². The molecule has 0 aliphatic carbocycles. The quantitative estimate of drug-likeness (QED) is 0.561. The summed E-state index contributed by atoms with van der Waals surface area (Å²) in [5.41, 5.74) is 6.55. The summed E-state index contributed by atoms with van der Waals surface area (Å²) in [7, 11) is 0. The van der Waals surface area contributed by atoms with Gasteiger partial charge >= 0.3 is 12.0 Å². The molecule has 0 radical (unpaired) electrons. The van der Waals surface area contributed by atoms with E-state index in [9.17, 15) is 9.59 Å². The van der Waals surface area contributed by atoms with Gasteiger partial charge in [0.2, 0.25) is 0 Å². The van der Waals surface area contributed by atoms with Crippen molar-refractivity contribution in [1.82, 2.24) is 15.5 Å². The van der Waals surface area contributed by atoms with Crippen LogP contribution in [0.1, 0.15) is 35.4 Å². The fourth-order valence-corrected chi connectivity index (χ4v) is 2.88. The lowest BCUT2D eigenvalue weighted by Gasteiger charge is -2.17. The summed E-state index contributed by atoms with van der Waals surface area (Å²) in [6.45, 7) is 3.40. The number of carbonyl (C=O) groups is 2. The smallest absolute Gasteiger partial charge is 0.312 e. The van der Waals surface area contributed by atoms with Crippen LogP contribution in [0.2, 0.25) is 5.02 Å². The molecule has 3 N–H and O–H groups in total. The summed E-state index contributed by atoms with van der Waals surface area (Å²) in [5.74, 6) is 1.21. The maximum absolute atomic E-state index is 12.2. The van der Waals surface area contributed by atoms with E-state index >= 15 is 0 Å². The molecule has 0 aliphatic heterocycles. The van der Waals surface area contributed by atoms with E-state index in [0.717, 1.165) is 5.76 Å². The molecule has 1 aromatic carbocycles. The number of carbonyl (C=O) groups excluding carboxylic acids is 2. The van der Waals surface area contributed by atoms with Crippen molar-refractivity contribution < 1.29 is 23.2 Å². The number of hydrogen-bond donors (Lipinski definition) is 2. The third-order valence-electron chi connectivity index (χ3n) is 4.05. The molecular formula is C19H19ClN4O5. The molecule has 0 bridgehead atoms. The van der Waals surface area contributed by atoms with Crippen molar-refractivity contribution in [2.24, 2.45) is 5.73 Å². The number of hydrogen-bond acceptors (Lipinski definition) is 7. The van der Waals surface area contributed by atoms with Gasteiger partial charge in [-0.15, -0.1) is 10.2 Å². The summed E-state index contributed by atoms with van der Waals surface area (Å²) < 4.78 is 16.1. The van der Waals surface area contributed by atoms with Gasteiger partial charge in [0.15, 0.2) is 6.61 Å². The molecule has 152 valence electrons. The van der Waals surface area contributed by atoms with Crippen LogP contribution >= 0.6 is 11.6 Å². The zero-order chi connectivity index (χ0) is 21.0. The molecule has 3 aromatic rings. The zero-order valence-electron chi connectivity index (χ0n) is 15.8. The van der Waals surface area contributed by atoms with Crippen LogP contribution in [0.4, 0.5) is 4.79 Å². The zero-order valence-corrected chi connectivity index (χ0v) is 16.5. The number of rotatable bonds is 7. The molecule has 0 saturated carbocycles. The third kappa shape index (κ3) is 5.35. The Morgan fingerprint density at radius 1 is 1.21 bits per heavy atom. The average molecular weight is 419 g/mol. The summed E-state index contributed by atoms with van der Waals surface area (Å²) in [5, 5.41) is 10.9. The highest BCUT2D eigenvalue weighted by atomic mass is 35.5. The first-order valence-corrected chi connectivity index (χ1v) is 9.06. The van der Waals surface area contributed by atoms with E-state index in [2.05, 4.69) is 15.5 Å². The average Bonchev–Trinajstić information content (AvgIpc) is 3.25. The Labute approximate surface area is 171 Å². The van der Waals surface area contributed by atoms with E-state index in [1.807, 2.05) is 6.92 Å². The van der Waals surface area contributed by atoms with Gasteiger partial charge in [-0.3, -0.25) is 4.79 Å². The number of nitrogens with zero attached hydrogens (tertiary/aromatic N) is 2. The van der Waals surface area contributed by atoms with Gasteiger partial charge in [0.1, 0.15) is 11.5 Å². The molecule has 29 heavy (non-hydrogen) atoms. The first kappa shape index (κ1) is 20.4. The molecule has 0 unspecified atom stereocenters. The van der Waals surface area contributed by atoms with E-state index in [4.69, 9.17) is 30.9 Å². The minimum absolute atomic E-state index is 0.133. The first-order chi connectivity index (χ1) is 13.8. The van der Waals surface area contributed by atoms with Gasteiger partial charge in [0.25, 0.3) is 11.8 Å². The van der Waals surface area contributed by atoms with Crippen molar-refractivity contribution in [2.75, 3.05) is 0 Å². The first-order valence-electron chi connectivity index (χ1n) is 8.68. The number of primary amides is 1. The highest BCUT2D eigenvalue weighted by Crippen LogP contribution is 2.25. The molecule has 9 nitrogen and oxygen atoms in total. The molecule has 2 aromatic heterocycles. The van der Waals surface area contributed by atoms with Crippen molar-refractivity contribution in [2.45, 2.75) is 32.9 Å². The largest absolute Gasteiger partial charge is 0.466 e. The van der Waals surface area contributed by atoms with Crippen LogP contribution in [-0.4, -0.2) is 22.2 Å². The standard InChI is InChI=1S/C19H19ClN4O5/c1-10-7-14(11(2)28-10)18-24-23-16(29-18)9-27-17(25)8-15(22-19(21)26)12-3-5-13(20)6-4-12/h3-7,15H,8-9H2,1-2H3,(H3,21,22,26)/t15-/m1/s1. The lowest BCUT2D eigenvalue weighted by Crippen LogP contribution is -2.34. The van der Waals surface area contributed by atoms with E-state index in [-0.39, 0.29) is 24.8 Å². The van der Waals surface area contributed by atoms with Crippen LogP contribution in [0.3, 0.4) is 0 Å². The van der Waals surface area contributed by atoms with Gasteiger partial charge in [-0.2, -0.15) is 0 Å². The number of aryl methyl sites for hydroxylation is 2. The maximum Gasteiger partial charge on any atom is 0.312 e. The molecule has 0 fully saturated rings. The van der Waals surface area contributed by atoms with E-state index < -0.39 is 18.0 Å². The number of benzene rings is 1. The van der Waals surface area contributed by atoms with Gasteiger partial charge in [-0.05, 0) is 37.6 Å². The Balaban J connectivity index is 1.61. The van der Waals surface area contributed by atoms with E-state index in [0.29, 0.717) is 21.9 Å². The van der Waals surface area contributed by atoms with Gasteiger partial charge in [0, 0.05) is 5.02 Å². The number of ether oxygens (including phenoxy) is 1. The second-order valence-corrected chi connectivity index (χ2v) is 6.74. The second-order valence-electron chi connectivity index (χ2n) is 6.31. The monoisotopic (exact) mass is 418 g/mol. The Bertz CT molecular complexity index is 1010. The Kier molecular flexibility index (Phi) is 6.18. The minimum Gasteiger partial charge on any atom is -0.466 e. The molecule has 0 saturated heterocycles. The Morgan fingerprint density at radius 3 is 2.55 bits per heavy atom. The van der Waals surface area contributed by atoms with Crippen LogP contribution in [0.5, 0.6) is 0 Å². The van der Waals surface area contributed by atoms with Crippen LogP contribution in [0.15, 0.2) is 39.2 Å². The third-order valence-corrected chi connectivity index (χ3v) is 4.31. The second kappa shape index (κ2) is 8.78. The SMILES string of the molecule is Cc1cc(-c2nnc(COC(=O)C[C@@H](NC(N)=O)c3ccc(Cl)cc3)o2)c(C)o1. The molecule has 10 heteroatoms. The summed E-state index contributed by atoms with van der Waals surface area (Å²) in [6.07, 6.45) is -0.133. The maximum atomic E-state index is 12.2. The number of furan rings is 1. The van der Waals surface area contributed by atoms with Gasteiger partial charge in [-0.1, -0.05) is 23.7 Å². The number of nitrogens with two attached hydrogens (primary N) is 1. The minimum atomic E-state index is -0.759. The number of aromatic nitrogens is 2. The summed E-state index contributed by atoms with van der Waals surface area (Å²) in [6, 6.07) is 7.04. The predicted molar refractivity (Wildman–Crippen MR) is 103 cm³/mol. The van der Waals surface area contributed by atoms with Gasteiger partial charge in [0.05, 0.1) is 18.0 Å². The Morgan fingerprint density at radius 2 is 1.93 bits per heavy atom. The molecule has 0 aliphatic rings. The molecule has 1 atom stereocenters. The molecular weight excluding hydrogens is 400 g/mol. The fourth-order valence-electron chi connectivity index (χ4n) is 2.75. The number of halogens is 1. The van der Waals surface area contributed by atoms with E-state index in [1.54, 1.807) is 37.3 Å². The molecule has 0 spiro atoms. The number of amides is 2. The normalized spacial score (nSPS) is 11.8. The lowest BCUT2D eigenvalue weighted by molar-refractivity contribution is -0.146. The number of esters is 1. The van der Waals surface area contributed by atoms with Crippen LogP contribution < -0.4 is 11.1 Å². The van der Waals surface area contributed by atoms with Crippen molar-refractivity contribution in [3.8, 4) is 11.5 Å².